The fraction of sp³-hybridized carbons (Fsp3) is 0.353. The van der Waals surface area contributed by atoms with Crippen molar-refractivity contribution < 1.29 is 0 Å². The van der Waals surface area contributed by atoms with Crippen LogP contribution in [0, 0.1) is 0 Å². The number of rotatable bonds is 4. The Morgan fingerprint density at radius 1 is 0.950 bits per heavy atom. The third-order valence-electron chi connectivity index (χ3n) is 3.16. The summed E-state index contributed by atoms with van der Waals surface area (Å²) in [6, 6.07) is 10.6. The third-order valence-corrected chi connectivity index (χ3v) is 3.16. The van der Waals surface area contributed by atoms with Crippen LogP contribution in [-0.2, 0) is 5.41 Å². The van der Waals surface area contributed by atoms with Gasteiger partial charge in [0, 0.05) is 12.2 Å². The predicted molar refractivity (Wildman–Crippen MR) is 86.8 cm³/mol. The Morgan fingerprint density at radius 2 is 1.60 bits per heavy atom. The highest BCUT2D eigenvalue weighted by Crippen LogP contribution is 2.25. The quantitative estimate of drug-likeness (QED) is 0.854. The Balaban J connectivity index is 2.12. The summed E-state index contributed by atoms with van der Waals surface area (Å²) in [5, 5.41) is 6.64. The Labute approximate surface area is 121 Å². The predicted octanol–water partition coefficient (Wildman–Crippen LogP) is 4.55. The molecule has 1 aromatic heterocycles. The van der Waals surface area contributed by atoms with Gasteiger partial charge in [0.1, 0.15) is 0 Å². The molecule has 0 unspecified atom stereocenters. The Kier molecular flexibility index (Phi) is 4.28. The molecule has 0 radical (unpaired) electrons. The van der Waals surface area contributed by atoms with E-state index in [4.69, 9.17) is 0 Å². The lowest BCUT2D eigenvalue weighted by atomic mass is 9.87. The Bertz CT molecular complexity index is 553. The largest absolute Gasteiger partial charge is 0.384 e. The van der Waals surface area contributed by atoms with Gasteiger partial charge < -0.3 is 10.6 Å². The molecule has 0 fully saturated rings. The lowest BCUT2D eigenvalue weighted by Gasteiger charge is -2.19. The molecule has 2 aromatic rings. The first-order valence-corrected chi connectivity index (χ1v) is 7.05. The number of nitrogens with one attached hydrogen (secondary N) is 2. The standard InChI is InChI=1S/C17H23N3/c1-5-19-15-10-16(12-18-11-15)20-14-8-6-13(7-9-14)17(2,3)4/h6-12,19-20H,5H2,1-4H3. The van der Waals surface area contributed by atoms with Crippen LogP contribution in [0.25, 0.3) is 0 Å². The summed E-state index contributed by atoms with van der Waals surface area (Å²) in [6.45, 7) is 9.63. The maximum absolute atomic E-state index is 4.23. The minimum atomic E-state index is 0.186. The molecule has 3 heteroatoms. The molecule has 0 spiro atoms. The molecular formula is C17H23N3. The van der Waals surface area contributed by atoms with Crippen LogP contribution < -0.4 is 10.6 Å². The van der Waals surface area contributed by atoms with Crippen molar-refractivity contribution in [2.75, 3.05) is 17.2 Å². The number of aromatic nitrogens is 1. The summed E-state index contributed by atoms with van der Waals surface area (Å²) in [7, 11) is 0. The molecule has 106 valence electrons. The molecule has 2 rings (SSSR count). The van der Waals surface area contributed by atoms with Crippen molar-refractivity contribution >= 4 is 17.1 Å². The van der Waals surface area contributed by atoms with E-state index in [2.05, 4.69) is 73.6 Å². The Hall–Kier alpha value is -2.03. The van der Waals surface area contributed by atoms with Gasteiger partial charge in [-0.05, 0) is 36.1 Å². The number of pyridine rings is 1. The lowest BCUT2D eigenvalue weighted by molar-refractivity contribution is 0.590. The van der Waals surface area contributed by atoms with E-state index in [1.165, 1.54) is 5.56 Å². The highest BCUT2D eigenvalue weighted by molar-refractivity contribution is 5.63. The first-order chi connectivity index (χ1) is 9.49. The van der Waals surface area contributed by atoms with E-state index in [0.717, 1.165) is 23.6 Å². The molecule has 0 amide bonds. The van der Waals surface area contributed by atoms with E-state index >= 15 is 0 Å². The van der Waals surface area contributed by atoms with Gasteiger partial charge in [0.15, 0.2) is 0 Å². The van der Waals surface area contributed by atoms with Gasteiger partial charge in [-0.15, -0.1) is 0 Å². The van der Waals surface area contributed by atoms with Crippen LogP contribution in [0.5, 0.6) is 0 Å². The summed E-state index contributed by atoms with van der Waals surface area (Å²) in [5.74, 6) is 0. The highest BCUT2D eigenvalue weighted by Gasteiger charge is 2.12. The number of nitrogens with zero attached hydrogens (tertiary/aromatic N) is 1. The number of hydrogen-bond donors (Lipinski definition) is 2. The van der Waals surface area contributed by atoms with Crippen molar-refractivity contribution in [2.45, 2.75) is 33.1 Å². The van der Waals surface area contributed by atoms with Gasteiger partial charge in [-0.1, -0.05) is 32.9 Å². The number of anilines is 3. The van der Waals surface area contributed by atoms with Crippen LogP contribution in [-0.4, -0.2) is 11.5 Å². The maximum Gasteiger partial charge on any atom is 0.0591 e. The molecule has 0 aliphatic rings. The van der Waals surface area contributed by atoms with Crippen molar-refractivity contribution in [2.24, 2.45) is 0 Å². The molecule has 3 nitrogen and oxygen atoms in total. The van der Waals surface area contributed by atoms with Crippen LogP contribution in [0.3, 0.4) is 0 Å². The molecular weight excluding hydrogens is 246 g/mol. The van der Waals surface area contributed by atoms with E-state index in [9.17, 15) is 0 Å². The molecule has 1 aromatic carbocycles. The average molecular weight is 269 g/mol. The molecule has 0 bridgehead atoms. The van der Waals surface area contributed by atoms with Gasteiger partial charge in [-0.25, -0.2) is 0 Å². The second-order valence-corrected chi connectivity index (χ2v) is 5.94. The minimum Gasteiger partial charge on any atom is -0.384 e. The van der Waals surface area contributed by atoms with Crippen molar-refractivity contribution in [3.8, 4) is 0 Å². The van der Waals surface area contributed by atoms with Gasteiger partial charge in [0.25, 0.3) is 0 Å². The molecule has 2 N–H and O–H groups in total. The van der Waals surface area contributed by atoms with Crippen LogP contribution in [0.4, 0.5) is 17.1 Å². The van der Waals surface area contributed by atoms with E-state index in [0.29, 0.717) is 0 Å². The Morgan fingerprint density at radius 3 is 2.20 bits per heavy atom. The number of hydrogen-bond acceptors (Lipinski definition) is 3. The minimum absolute atomic E-state index is 0.186. The van der Waals surface area contributed by atoms with Crippen LogP contribution >= 0.6 is 0 Å². The summed E-state index contributed by atoms with van der Waals surface area (Å²) < 4.78 is 0. The van der Waals surface area contributed by atoms with Gasteiger partial charge in [0.05, 0.1) is 23.8 Å². The third kappa shape index (κ3) is 3.73. The summed E-state index contributed by atoms with van der Waals surface area (Å²) in [5.41, 5.74) is 4.62. The van der Waals surface area contributed by atoms with Crippen molar-refractivity contribution in [3.63, 3.8) is 0 Å². The smallest absolute Gasteiger partial charge is 0.0591 e. The molecule has 0 atom stereocenters. The monoisotopic (exact) mass is 269 g/mol. The van der Waals surface area contributed by atoms with E-state index in [1.54, 1.807) is 0 Å². The second kappa shape index (κ2) is 5.95. The summed E-state index contributed by atoms with van der Waals surface area (Å²) in [6.07, 6.45) is 3.66. The number of benzene rings is 1. The van der Waals surface area contributed by atoms with Gasteiger partial charge in [-0.3, -0.25) is 4.98 Å². The zero-order chi connectivity index (χ0) is 14.6. The molecule has 0 aliphatic carbocycles. The van der Waals surface area contributed by atoms with E-state index < -0.39 is 0 Å². The van der Waals surface area contributed by atoms with E-state index in [1.807, 2.05) is 12.4 Å². The summed E-state index contributed by atoms with van der Waals surface area (Å²) in [4.78, 5) is 4.23. The van der Waals surface area contributed by atoms with Crippen LogP contribution in [0.2, 0.25) is 0 Å². The van der Waals surface area contributed by atoms with Crippen LogP contribution in [0.1, 0.15) is 33.3 Å². The topological polar surface area (TPSA) is 37.0 Å². The fourth-order valence-electron chi connectivity index (χ4n) is 2.03. The maximum atomic E-state index is 4.23. The van der Waals surface area contributed by atoms with Crippen molar-refractivity contribution in [3.05, 3.63) is 48.3 Å². The SMILES string of the molecule is CCNc1cncc(Nc2ccc(C(C)(C)C)cc2)c1. The van der Waals surface area contributed by atoms with Gasteiger partial charge in [-0.2, -0.15) is 0 Å². The van der Waals surface area contributed by atoms with Crippen molar-refractivity contribution in [1.29, 1.82) is 0 Å². The first kappa shape index (κ1) is 14.4. The van der Waals surface area contributed by atoms with E-state index in [-0.39, 0.29) is 5.41 Å². The molecule has 20 heavy (non-hydrogen) atoms. The second-order valence-electron chi connectivity index (χ2n) is 5.94. The zero-order valence-corrected chi connectivity index (χ0v) is 12.7. The fourth-order valence-corrected chi connectivity index (χ4v) is 2.03. The zero-order valence-electron chi connectivity index (χ0n) is 12.7. The molecule has 0 saturated carbocycles. The molecule has 0 aliphatic heterocycles. The molecule has 1 heterocycles. The average Bonchev–Trinajstić information content (AvgIpc) is 2.39. The summed E-state index contributed by atoms with van der Waals surface area (Å²) >= 11 is 0. The van der Waals surface area contributed by atoms with Crippen LogP contribution in [0.15, 0.2) is 42.7 Å². The van der Waals surface area contributed by atoms with Gasteiger partial charge in [0.2, 0.25) is 0 Å². The normalized spacial score (nSPS) is 11.2. The molecule has 0 saturated heterocycles. The highest BCUT2D eigenvalue weighted by atomic mass is 14.9. The lowest BCUT2D eigenvalue weighted by Crippen LogP contribution is -2.10. The van der Waals surface area contributed by atoms with Crippen molar-refractivity contribution in [1.82, 2.24) is 4.98 Å². The van der Waals surface area contributed by atoms with Gasteiger partial charge >= 0.3 is 0 Å². The first-order valence-electron chi connectivity index (χ1n) is 7.05.